The average Bonchev–Trinajstić information content (AvgIpc) is 2.79. The molecule has 0 atom stereocenters. The number of rotatable bonds is 7. The molecule has 2 aromatic carbocycles. The molecule has 0 aliphatic carbocycles. The van der Waals surface area contributed by atoms with Crippen LogP contribution in [0.1, 0.15) is 10.4 Å². The van der Waals surface area contributed by atoms with E-state index in [4.69, 9.17) is 18.9 Å². The van der Waals surface area contributed by atoms with E-state index in [-0.39, 0.29) is 46.5 Å². The van der Waals surface area contributed by atoms with Gasteiger partial charge in [-0.05, 0) is 30.3 Å². The topological polar surface area (TPSA) is 124 Å². The Kier molecular flexibility index (Phi) is 6.88. The minimum Gasteiger partial charge on any atom is -0.506 e. The standard InChI is InChI=1S/C20H24N2O8S/c1-27-17-10-13(11-18(28-2)19(17)29-3)20(24)21-15-12-14(4-5-16(15)23)31(25,26)22-6-8-30-9-7-22/h4-5,10-12,23H,6-9H2,1-3H3,(H,21,24). The molecule has 1 heterocycles. The molecule has 1 amide bonds. The molecule has 168 valence electrons. The summed E-state index contributed by atoms with van der Waals surface area (Å²) < 4.78 is 48.0. The van der Waals surface area contributed by atoms with Gasteiger partial charge in [0.25, 0.3) is 5.91 Å². The van der Waals surface area contributed by atoms with E-state index in [2.05, 4.69) is 5.32 Å². The minimum absolute atomic E-state index is 0.0481. The van der Waals surface area contributed by atoms with Crippen LogP contribution in [0.4, 0.5) is 5.69 Å². The SMILES string of the molecule is COc1cc(C(=O)Nc2cc(S(=O)(=O)N3CCOCC3)ccc2O)cc(OC)c1OC. The zero-order chi connectivity index (χ0) is 22.6. The van der Waals surface area contributed by atoms with E-state index in [9.17, 15) is 18.3 Å². The van der Waals surface area contributed by atoms with Gasteiger partial charge in [0, 0.05) is 18.7 Å². The highest BCUT2D eigenvalue weighted by molar-refractivity contribution is 7.89. The third-order valence-corrected chi connectivity index (χ3v) is 6.65. The van der Waals surface area contributed by atoms with Crippen LogP contribution in [0.3, 0.4) is 0 Å². The molecule has 0 saturated carbocycles. The molecule has 11 heteroatoms. The highest BCUT2D eigenvalue weighted by Crippen LogP contribution is 2.38. The van der Waals surface area contributed by atoms with Gasteiger partial charge in [-0.1, -0.05) is 0 Å². The maximum Gasteiger partial charge on any atom is 0.256 e. The number of nitrogens with zero attached hydrogens (tertiary/aromatic N) is 1. The van der Waals surface area contributed by atoms with Gasteiger partial charge < -0.3 is 29.4 Å². The minimum atomic E-state index is -3.80. The van der Waals surface area contributed by atoms with Crippen molar-refractivity contribution >= 4 is 21.6 Å². The predicted molar refractivity (Wildman–Crippen MR) is 112 cm³/mol. The van der Waals surface area contributed by atoms with Crippen molar-refractivity contribution in [1.29, 1.82) is 0 Å². The van der Waals surface area contributed by atoms with Crippen LogP contribution in [0.25, 0.3) is 0 Å². The van der Waals surface area contributed by atoms with Crippen LogP contribution >= 0.6 is 0 Å². The molecule has 0 radical (unpaired) electrons. The van der Waals surface area contributed by atoms with Crippen LogP contribution in [0.2, 0.25) is 0 Å². The molecule has 2 N–H and O–H groups in total. The maximum atomic E-state index is 12.9. The largest absolute Gasteiger partial charge is 0.506 e. The molecule has 1 aliphatic heterocycles. The summed E-state index contributed by atoms with van der Waals surface area (Å²) >= 11 is 0. The molecule has 2 aromatic rings. The Labute approximate surface area is 180 Å². The van der Waals surface area contributed by atoms with E-state index in [1.807, 2.05) is 0 Å². The summed E-state index contributed by atoms with van der Waals surface area (Å²) in [6.07, 6.45) is 0. The number of carbonyl (C=O) groups is 1. The van der Waals surface area contributed by atoms with Gasteiger partial charge in [-0.25, -0.2) is 8.42 Å². The van der Waals surface area contributed by atoms with Gasteiger partial charge in [-0.15, -0.1) is 0 Å². The Morgan fingerprint density at radius 2 is 1.65 bits per heavy atom. The third-order valence-electron chi connectivity index (χ3n) is 4.75. The van der Waals surface area contributed by atoms with Crippen molar-refractivity contribution in [2.75, 3.05) is 52.9 Å². The summed E-state index contributed by atoms with van der Waals surface area (Å²) in [4.78, 5) is 12.8. The lowest BCUT2D eigenvalue weighted by Crippen LogP contribution is -2.40. The number of sulfonamides is 1. The summed E-state index contributed by atoms with van der Waals surface area (Å²) in [7, 11) is 0.488. The lowest BCUT2D eigenvalue weighted by molar-refractivity contribution is 0.0730. The molecule has 0 bridgehead atoms. The lowest BCUT2D eigenvalue weighted by Gasteiger charge is -2.26. The van der Waals surface area contributed by atoms with E-state index in [0.29, 0.717) is 19.0 Å². The number of aromatic hydroxyl groups is 1. The van der Waals surface area contributed by atoms with Crippen LogP contribution in [-0.2, 0) is 14.8 Å². The van der Waals surface area contributed by atoms with Crippen molar-refractivity contribution in [3.63, 3.8) is 0 Å². The number of benzene rings is 2. The number of nitrogens with one attached hydrogen (secondary N) is 1. The first-order valence-corrected chi connectivity index (χ1v) is 10.8. The number of ether oxygens (including phenoxy) is 4. The lowest BCUT2D eigenvalue weighted by atomic mass is 10.1. The van der Waals surface area contributed by atoms with Gasteiger partial charge >= 0.3 is 0 Å². The first-order chi connectivity index (χ1) is 14.8. The summed E-state index contributed by atoms with van der Waals surface area (Å²) in [5, 5.41) is 12.7. The second-order valence-corrected chi connectivity index (χ2v) is 8.50. The summed E-state index contributed by atoms with van der Waals surface area (Å²) in [5.41, 5.74) is 0.114. The van der Waals surface area contributed by atoms with Gasteiger partial charge in [0.1, 0.15) is 5.75 Å². The van der Waals surface area contributed by atoms with Gasteiger partial charge in [-0.2, -0.15) is 4.31 Å². The molecule has 1 fully saturated rings. The Morgan fingerprint density at radius 1 is 1.03 bits per heavy atom. The second-order valence-electron chi connectivity index (χ2n) is 6.56. The highest BCUT2D eigenvalue weighted by atomic mass is 32.2. The number of anilines is 1. The smallest absolute Gasteiger partial charge is 0.256 e. The first kappa shape index (κ1) is 22.7. The Morgan fingerprint density at radius 3 is 2.19 bits per heavy atom. The molecule has 3 rings (SSSR count). The van der Waals surface area contributed by atoms with Gasteiger partial charge in [0.15, 0.2) is 11.5 Å². The van der Waals surface area contributed by atoms with Gasteiger partial charge in [0.2, 0.25) is 15.8 Å². The van der Waals surface area contributed by atoms with Crippen molar-refractivity contribution < 1.29 is 37.3 Å². The fourth-order valence-electron chi connectivity index (χ4n) is 3.12. The van der Waals surface area contributed by atoms with E-state index >= 15 is 0 Å². The fraction of sp³-hybridized carbons (Fsp3) is 0.350. The number of phenolic OH excluding ortho intramolecular Hbond substituents is 1. The van der Waals surface area contributed by atoms with E-state index in [1.54, 1.807) is 0 Å². The Balaban J connectivity index is 1.91. The molecule has 1 saturated heterocycles. The number of amides is 1. The first-order valence-electron chi connectivity index (χ1n) is 9.34. The Hall–Kier alpha value is -3.02. The van der Waals surface area contributed by atoms with Crippen LogP contribution in [0.15, 0.2) is 35.2 Å². The summed E-state index contributed by atoms with van der Waals surface area (Å²) in [6, 6.07) is 6.62. The van der Waals surface area contributed by atoms with Crippen molar-refractivity contribution in [3.05, 3.63) is 35.9 Å². The molecule has 31 heavy (non-hydrogen) atoms. The van der Waals surface area contributed by atoms with Crippen molar-refractivity contribution in [2.45, 2.75) is 4.90 Å². The van der Waals surface area contributed by atoms with E-state index < -0.39 is 15.9 Å². The maximum absolute atomic E-state index is 12.9. The van der Waals surface area contributed by atoms with Gasteiger partial charge in [0.05, 0.1) is 45.1 Å². The van der Waals surface area contributed by atoms with Crippen molar-refractivity contribution in [3.8, 4) is 23.0 Å². The van der Waals surface area contributed by atoms with Crippen LogP contribution < -0.4 is 19.5 Å². The van der Waals surface area contributed by atoms with Crippen molar-refractivity contribution in [1.82, 2.24) is 4.31 Å². The van der Waals surface area contributed by atoms with E-state index in [1.165, 1.54) is 56.0 Å². The predicted octanol–water partition coefficient (Wildman–Crippen LogP) is 1.69. The van der Waals surface area contributed by atoms with Crippen LogP contribution in [0.5, 0.6) is 23.0 Å². The monoisotopic (exact) mass is 452 g/mol. The van der Waals surface area contributed by atoms with Crippen molar-refractivity contribution in [2.24, 2.45) is 0 Å². The van der Waals surface area contributed by atoms with Crippen LogP contribution in [0, 0.1) is 0 Å². The average molecular weight is 452 g/mol. The number of phenols is 1. The zero-order valence-corrected chi connectivity index (χ0v) is 18.2. The molecule has 0 unspecified atom stereocenters. The number of hydrogen-bond acceptors (Lipinski definition) is 8. The fourth-order valence-corrected chi connectivity index (χ4v) is 4.55. The Bertz CT molecular complexity index is 1040. The van der Waals surface area contributed by atoms with E-state index in [0.717, 1.165) is 0 Å². The number of carbonyl (C=O) groups excluding carboxylic acids is 1. The molecule has 0 spiro atoms. The van der Waals surface area contributed by atoms with Crippen LogP contribution in [-0.4, -0.2) is 71.4 Å². The normalized spacial score (nSPS) is 14.7. The summed E-state index contributed by atoms with van der Waals surface area (Å²) in [5.74, 6) is -0.0000672. The zero-order valence-electron chi connectivity index (χ0n) is 17.4. The third kappa shape index (κ3) is 4.68. The molecular formula is C20H24N2O8S. The number of morpholine rings is 1. The summed E-state index contributed by atoms with van der Waals surface area (Å²) in [6.45, 7) is 1.08. The molecule has 10 nitrogen and oxygen atoms in total. The van der Waals surface area contributed by atoms with Gasteiger partial charge in [-0.3, -0.25) is 4.79 Å². The highest BCUT2D eigenvalue weighted by Gasteiger charge is 2.27. The number of methoxy groups -OCH3 is 3. The quantitative estimate of drug-likeness (QED) is 0.609. The molecular weight excluding hydrogens is 428 g/mol. The molecule has 0 aromatic heterocycles. The second kappa shape index (κ2) is 9.41. The number of hydrogen-bond donors (Lipinski definition) is 2. The molecule has 1 aliphatic rings.